The number of nitrogens with one attached hydrogen (secondary N) is 1. The number of rotatable bonds is 5. The number of pyridine rings is 1. The zero-order chi connectivity index (χ0) is 20.4. The minimum absolute atomic E-state index is 0.115. The second kappa shape index (κ2) is 7.87. The van der Waals surface area contributed by atoms with E-state index in [1.54, 1.807) is 10.9 Å². The molecule has 0 saturated heterocycles. The van der Waals surface area contributed by atoms with Crippen molar-refractivity contribution in [3.8, 4) is 11.1 Å². The van der Waals surface area contributed by atoms with E-state index >= 15 is 0 Å². The first-order chi connectivity index (χ1) is 14.0. The maximum Gasteiger partial charge on any atom is 0.246 e. The highest BCUT2D eigenvalue weighted by Crippen LogP contribution is 2.30. The topological polar surface area (TPSA) is 59.8 Å². The number of aryl methyl sites for hydroxylation is 3. The van der Waals surface area contributed by atoms with Gasteiger partial charge in [-0.2, -0.15) is 5.10 Å². The van der Waals surface area contributed by atoms with Crippen LogP contribution in [0.3, 0.4) is 0 Å². The summed E-state index contributed by atoms with van der Waals surface area (Å²) in [6.45, 7) is 6.25. The van der Waals surface area contributed by atoms with Gasteiger partial charge in [0.25, 0.3) is 0 Å². The van der Waals surface area contributed by atoms with Crippen molar-refractivity contribution in [2.75, 3.05) is 5.32 Å². The molecule has 0 aliphatic carbocycles. The van der Waals surface area contributed by atoms with Gasteiger partial charge in [0.1, 0.15) is 6.54 Å². The van der Waals surface area contributed by atoms with E-state index in [0.717, 1.165) is 40.0 Å². The van der Waals surface area contributed by atoms with Gasteiger partial charge >= 0.3 is 0 Å². The molecule has 1 amide bonds. The number of carbonyl (C=O) groups excluding carboxylic acids is 1. The normalized spacial score (nSPS) is 11.0. The summed E-state index contributed by atoms with van der Waals surface area (Å²) >= 11 is 0. The molecule has 2 heterocycles. The van der Waals surface area contributed by atoms with Crippen LogP contribution >= 0.6 is 0 Å². The van der Waals surface area contributed by atoms with Crippen LogP contribution in [-0.4, -0.2) is 20.7 Å². The highest BCUT2D eigenvalue weighted by atomic mass is 16.2. The van der Waals surface area contributed by atoms with Crippen LogP contribution in [0.4, 0.5) is 5.69 Å². The second-order valence-electron chi connectivity index (χ2n) is 7.26. The first-order valence-corrected chi connectivity index (χ1v) is 9.83. The molecule has 2 aromatic heterocycles. The van der Waals surface area contributed by atoms with Crippen LogP contribution in [0, 0.1) is 13.8 Å². The number of fused-ring (bicyclic) bond motifs is 1. The molecule has 0 atom stereocenters. The molecule has 146 valence electrons. The second-order valence-corrected chi connectivity index (χ2v) is 7.26. The van der Waals surface area contributed by atoms with E-state index in [0.29, 0.717) is 0 Å². The minimum atomic E-state index is -0.124. The zero-order valence-electron chi connectivity index (χ0n) is 16.9. The molecule has 0 unspecified atom stereocenters. The maximum atomic E-state index is 12.6. The molecule has 0 radical (unpaired) electrons. The van der Waals surface area contributed by atoms with Gasteiger partial charge in [-0.1, -0.05) is 48.9 Å². The Labute approximate surface area is 170 Å². The van der Waals surface area contributed by atoms with Crippen molar-refractivity contribution in [3.05, 3.63) is 77.6 Å². The fourth-order valence-electron chi connectivity index (χ4n) is 3.53. The fourth-order valence-corrected chi connectivity index (χ4v) is 3.53. The lowest BCUT2D eigenvalue weighted by molar-refractivity contribution is -0.116. The lowest BCUT2D eigenvalue weighted by Gasteiger charge is -2.07. The van der Waals surface area contributed by atoms with Crippen molar-refractivity contribution in [1.29, 1.82) is 0 Å². The van der Waals surface area contributed by atoms with Gasteiger partial charge in [-0.05, 0) is 55.2 Å². The van der Waals surface area contributed by atoms with E-state index in [1.165, 1.54) is 11.1 Å². The average Bonchev–Trinajstić information content (AvgIpc) is 3.04. The molecular formula is C24H24N4O. The third-order valence-electron chi connectivity index (χ3n) is 5.11. The summed E-state index contributed by atoms with van der Waals surface area (Å²) in [4.78, 5) is 17.1. The van der Waals surface area contributed by atoms with Gasteiger partial charge in [0.15, 0.2) is 5.65 Å². The van der Waals surface area contributed by atoms with E-state index in [9.17, 15) is 4.79 Å². The van der Waals surface area contributed by atoms with Crippen molar-refractivity contribution >= 4 is 22.6 Å². The highest BCUT2D eigenvalue weighted by Gasteiger charge is 2.16. The number of carbonyl (C=O) groups is 1. The number of aromatic nitrogens is 3. The molecule has 5 nitrogen and oxygen atoms in total. The van der Waals surface area contributed by atoms with E-state index < -0.39 is 0 Å². The first-order valence-electron chi connectivity index (χ1n) is 9.83. The number of benzene rings is 2. The quantitative estimate of drug-likeness (QED) is 0.531. The van der Waals surface area contributed by atoms with Crippen molar-refractivity contribution < 1.29 is 4.79 Å². The molecule has 0 aliphatic rings. The molecule has 29 heavy (non-hydrogen) atoms. The summed E-state index contributed by atoms with van der Waals surface area (Å²) in [5.74, 6) is -0.124. The number of amides is 1. The molecular weight excluding hydrogens is 360 g/mol. The van der Waals surface area contributed by atoms with E-state index in [-0.39, 0.29) is 12.5 Å². The summed E-state index contributed by atoms with van der Waals surface area (Å²) in [6.07, 6.45) is 2.75. The third-order valence-corrected chi connectivity index (χ3v) is 5.11. The number of anilines is 1. The lowest BCUT2D eigenvalue weighted by Crippen LogP contribution is -2.19. The molecule has 5 heteroatoms. The molecule has 0 bridgehead atoms. The Bertz CT molecular complexity index is 1160. The molecule has 2 aromatic carbocycles. The van der Waals surface area contributed by atoms with Gasteiger partial charge in [0.05, 0.1) is 5.69 Å². The van der Waals surface area contributed by atoms with Gasteiger partial charge in [0, 0.05) is 17.3 Å². The van der Waals surface area contributed by atoms with Crippen LogP contribution in [0.2, 0.25) is 0 Å². The van der Waals surface area contributed by atoms with Crippen LogP contribution in [0.5, 0.6) is 0 Å². The summed E-state index contributed by atoms with van der Waals surface area (Å²) in [6, 6.07) is 18.3. The fraction of sp³-hybridized carbons (Fsp3) is 0.208. The molecule has 4 rings (SSSR count). The Kier molecular flexibility index (Phi) is 5.12. The third kappa shape index (κ3) is 3.90. The lowest BCUT2D eigenvalue weighted by atomic mass is 10.0. The number of hydrogen-bond acceptors (Lipinski definition) is 3. The van der Waals surface area contributed by atoms with Crippen LogP contribution in [0.25, 0.3) is 22.2 Å². The van der Waals surface area contributed by atoms with Crippen molar-refractivity contribution in [1.82, 2.24) is 14.8 Å². The molecule has 1 N–H and O–H groups in total. The number of hydrogen-bond donors (Lipinski definition) is 1. The number of nitrogens with zero attached hydrogens (tertiary/aromatic N) is 3. The van der Waals surface area contributed by atoms with Crippen LogP contribution in [0.1, 0.15) is 23.7 Å². The highest BCUT2D eigenvalue weighted by molar-refractivity contribution is 5.96. The Hall–Kier alpha value is -3.47. The summed E-state index contributed by atoms with van der Waals surface area (Å²) in [5, 5.41) is 8.52. The van der Waals surface area contributed by atoms with Gasteiger partial charge in [-0.3, -0.25) is 4.79 Å². The minimum Gasteiger partial charge on any atom is -0.324 e. The molecule has 0 fully saturated rings. The van der Waals surface area contributed by atoms with E-state index in [1.807, 2.05) is 37.3 Å². The Morgan fingerprint density at radius 3 is 2.41 bits per heavy atom. The predicted molar refractivity (Wildman–Crippen MR) is 117 cm³/mol. The molecule has 0 aliphatic heterocycles. The van der Waals surface area contributed by atoms with E-state index in [4.69, 9.17) is 0 Å². The SMILES string of the molecule is CCc1ccc(NC(=O)Cn2nc(C)c3c(-c4ccc(C)cc4)ccnc32)cc1. The van der Waals surface area contributed by atoms with Crippen LogP contribution in [0.15, 0.2) is 60.8 Å². The average molecular weight is 384 g/mol. The summed E-state index contributed by atoms with van der Waals surface area (Å²) in [7, 11) is 0. The summed E-state index contributed by atoms with van der Waals surface area (Å²) < 4.78 is 1.68. The standard InChI is InChI=1S/C24H24N4O/c1-4-18-7-11-20(12-8-18)26-22(29)15-28-24-23(17(3)27-28)21(13-14-25-24)19-9-5-16(2)6-10-19/h5-14H,4,15H2,1-3H3,(H,26,29). The van der Waals surface area contributed by atoms with Crippen molar-refractivity contribution in [2.45, 2.75) is 33.7 Å². The maximum absolute atomic E-state index is 12.6. The van der Waals surface area contributed by atoms with Gasteiger partial charge < -0.3 is 5.32 Å². The zero-order valence-corrected chi connectivity index (χ0v) is 16.9. The van der Waals surface area contributed by atoms with Crippen molar-refractivity contribution in [3.63, 3.8) is 0 Å². The Morgan fingerprint density at radius 1 is 1.00 bits per heavy atom. The van der Waals surface area contributed by atoms with E-state index in [2.05, 4.69) is 53.5 Å². The van der Waals surface area contributed by atoms with Crippen LogP contribution < -0.4 is 5.32 Å². The van der Waals surface area contributed by atoms with Gasteiger partial charge in [-0.25, -0.2) is 9.67 Å². The smallest absolute Gasteiger partial charge is 0.246 e. The first kappa shape index (κ1) is 18.9. The predicted octanol–water partition coefficient (Wildman–Crippen LogP) is 4.92. The largest absolute Gasteiger partial charge is 0.324 e. The Morgan fingerprint density at radius 2 is 1.72 bits per heavy atom. The molecule has 0 saturated carbocycles. The van der Waals surface area contributed by atoms with Gasteiger partial charge in [0.2, 0.25) is 5.91 Å². The summed E-state index contributed by atoms with van der Waals surface area (Å²) in [5.41, 5.74) is 7.02. The van der Waals surface area contributed by atoms with Crippen LogP contribution in [-0.2, 0) is 17.8 Å². The van der Waals surface area contributed by atoms with Gasteiger partial charge in [-0.15, -0.1) is 0 Å². The monoisotopic (exact) mass is 384 g/mol. The Balaban J connectivity index is 1.62. The molecule has 4 aromatic rings. The van der Waals surface area contributed by atoms with Crippen molar-refractivity contribution in [2.24, 2.45) is 0 Å². The molecule has 0 spiro atoms.